The quantitative estimate of drug-likeness (QED) is 0.370. The summed E-state index contributed by atoms with van der Waals surface area (Å²) in [6.07, 6.45) is 0. The van der Waals surface area contributed by atoms with Crippen LogP contribution in [0.15, 0.2) is 77.7 Å². The second kappa shape index (κ2) is 11.1. The fraction of sp³-hybridized carbons (Fsp3) is 0.130. The summed E-state index contributed by atoms with van der Waals surface area (Å²) in [6, 6.07) is 17.5. The lowest BCUT2D eigenvalue weighted by Gasteiger charge is -2.14. The maximum Gasteiger partial charge on any atom is 0.315 e. The number of anilines is 2. The number of sulfonamides is 1. The first-order valence-corrected chi connectivity index (χ1v) is 11.6. The van der Waals surface area contributed by atoms with Crippen molar-refractivity contribution in [3.05, 3.63) is 84.2 Å². The number of carbonyl (C=O) groups is 2. The molecule has 0 aliphatic carbocycles. The number of methoxy groups -OCH3 is 1. The summed E-state index contributed by atoms with van der Waals surface area (Å²) in [7, 11) is -2.67. The normalized spacial score (nSPS) is 10.8. The second-order valence-electron chi connectivity index (χ2n) is 7.04. The van der Waals surface area contributed by atoms with Gasteiger partial charge >= 0.3 is 6.03 Å². The van der Waals surface area contributed by atoms with Crippen molar-refractivity contribution >= 4 is 33.3 Å². The molecular formula is C23H23FN4O5S. The van der Waals surface area contributed by atoms with E-state index < -0.39 is 27.8 Å². The number of urea groups is 1. The third-order valence-electron chi connectivity index (χ3n) is 4.56. The van der Waals surface area contributed by atoms with Crippen molar-refractivity contribution < 1.29 is 27.1 Å². The Kier molecular flexibility index (Phi) is 8.04. The number of carbonyl (C=O) groups excluding carboxylic acids is 2. The number of benzene rings is 3. The fourth-order valence-electron chi connectivity index (χ4n) is 2.89. The molecule has 0 saturated heterocycles. The lowest BCUT2D eigenvalue weighted by atomic mass is 10.2. The van der Waals surface area contributed by atoms with Gasteiger partial charge in [0, 0.05) is 12.2 Å². The highest BCUT2D eigenvalue weighted by molar-refractivity contribution is 7.92. The Morgan fingerprint density at radius 1 is 0.941 bits per heavy atom. The van der Waals surface area contributed by atoms with Crippen molar-refractivity contribution in [2.24, 2.45) is 0 Å². The zero-order chi connectivity index (χ0) is 24.6. The van der Waals surface area contributed by atoms with Gasteiger partial charge in [0.2, 0.25) is 5.91 Å². The van der Waals surface area contributed by atoms with E-state index in [2.05, 4.69) is 20.7 Å². The van der Waals surface area contributed by atoms with Crippen LogP contribution in [0.4, 0.5) is 20.6 Å². The largest absolute Gasteiger partial charge is 0.495 e. The zero-order valence-electron chi connectivity index (χ0n) is 18.2. The number of hydrogen-bond acceptors (Lipinski definition) is 5. The molecule has 0 fully saturated rings. The molecule has 0 spiro atoms. The summed E-state index contributed by atoms with van der Waals surface area (Å²) in [5.41, 5.74) is 1.25. The molecule has 4 N–H and O–H groups in total. The zero-order valence-corrected chi connectivity index (χ0v) is 19.0. The minimum absolute atomic E-state index is 0.0678. The maximum atomic E-state index is 13.1. The van der Waals surface area contributed by atoms with Crippen LogP contribution in [0.25, 0.3) is 0 Å². The highest BCUT2D eigenvalue weighted by Gasteiger charge is 2.17. The van der Waals surface area contributed by atoms with Gasteiger partial charge in [-0.25, -0.2) is 17.6 Å². The molecule has 0 heterocycles. The minimum atomic E-state index is -4.03. The molecular weight excluding hydrogens is 463 g/mol. The molecule has 3 aromatic rings. The maximum absolute atomic E-state index is 13.1. The summed E-state index contributed by atoms with van der Waals surface area (Å²) in [4.78, 5) is 24.0. The van der Waals surface area contributed by atoms with E-state index in [1.807, 2.05) is 30.3 Å². The Labute approximate surface area is 196 Å². The van der Waals surface area contributed by atoms with E-state index in [0.717, 1.165) is 29.8 Å². The van der Waals surface area contributed by atoms with Crippen LogP contribution in [0, 0.1) is 5.82 Å². The molecule has 0 bridgehead atoms. The number of nitrogens with one attached hydrogen (secondary N) is 4. The lowest BCUT2D eigenvalue weighted by Crippen LogP contribution is -2.39. The second-order valence-corrected chi connectivity index (χ2v) is 8.73. The molecule has 9 nitrogen and oxygen atoms in total. The molecule has 0 atom stereocenters. The highest BCUT2D eigenvalue weighted by Crippen LogP contribution is 2.30. The molecule has 3 amide bonds. The van der Waals surface area contributed by atoms with Gasteiger partial charge in [-0.3, -0.25) is 9.52 Å². The molecule has 3 rings (SSSR count). The Morgan fingerprint density at radius 3 is 2.32 bits per heavy atom. The van der Waals surface area contributed by atoms with Gasteiger partial charge in [-0.1, -0.05) is 30.3 Å². The molecule has 178 valence electrons. The van der Waals surface area contributed by atoms with Gasteiger partial charge in [0.25, 0.3) is 10.0 Å². The average Bonchev–Trinajstić information content (AvgIpc) is 2.82. The van der Waals surface area contributed by atoms with Gasteiger partial charge < -0.3 is 20.7 Å². The predicted molar refractivity (Wildman–Crippen MR) is 126 cm³/mol. The molecule has 0 aliphatic heterocycles. The standard InChI is InChI=1S/C23H23FN4O5S/c1-33-21-12-9-18(13-20(21)28-34(31,32)19-10-7-17(24)8-11-19)27-22(29)15-26-23(30)25-14-16-5-3-2-4-6-16/h2-13,28H,14-15H2,1H3,(H,27,29)(H2,25,26,30). The summed E-state index contributed by atoms with van der Waals surface area (Å²) in [5.74, 6) is -0.877. The molecule has 0 saturated carbocycles. The van der Waals surface area contributed by atoms with E-state index in [1.54, 1.807) is 0 Å². The van der Waals surface area contributed by atoms with E-state index in [9.17, 15) is 22.4 Å². The average molecular weight is 487 g/mol. The predicted octanol–water partition coefficient (Wildman–Crippen LogP) is 3.07. The Bertz CT molecular complexity index is 1250. The van der Waals surface area contributed by atoms with E-state index in [1.165, 1.54) is 25.3 Å². The molecule has 11 heteroatoms. The molecule has 3 aromatic carbocycles. The third-order valence-corrected chi connectivity index (χ3v) is 5.94. The van der Waals surface area contributed by atoms with Gasteiger partial charge in [-0.2, -0.15) is 0 Å². The third kappa shape index (κ3) is 6.94. The molecule has 0 radical (unpaired) electrons. The van der Waals surface area contributed by atoms with Gasteiger partial charge in [0.05, 0.1) is 24.2 Å². The van der Waals surface area contributed by atoms with E-state index in [-0.39, 0.29) is 28.6 Å². The van der Waals surface area contributed by atoms with Crippen molar-refractivity contribution in [1.29, 1.82) is 0 Å². The van der Waals surface area contributed by atoms with Crippen LogP contribution in [0.3, 0.4) is 0 Å². The SMILES string of the molecule is COc1ccc(NC(=O)CNC(=O)NCc2ccccc2)cc1NS(=O)(=O)c1ccc(F)cc1. The summed E-state index contributed by atoms with van der Waals surface area (Å²) in [6.45, 7) is 0.00756. The number of ether oxygens (including phenoxy) is 1. The van der Waals surface area contributed by atoms with Crippen LogP contribution in [-0.2, 0) is 21.4 Å². The van der Waals surface area contributed by atoms with Crippen molar-refractivity contribution in [2.45, 2.75) is 11.4 Å². The van der Waals surface area contributed by atoms with Crippen molar-refractivity contribution in [2.75, 3.05) is 23.7 Å². The fourth-order valence-corrected chi connectivity index (χ4v) is 3.95. The van der Waals surface area contributed by atoms with Crippen molar-refractivity contribution in [3.8, 4) is 5.75 Å². The van der Waals surface area contributed by atoms with Gasteiger partial charge in [-0.05, 0) is 48.0 Å². The molecule has 34 heavy (non-hydrogen) atoms. The van der Waals surface area contributed by atoms with Crippen LogP contribution < -0.4 is 25.4 Å². The van der Waals surface area contributed by atoms with Crippen molar-refractivity contribution in [1.82, 2.24) is 10.6 Å². The van der Waals surface area contributed by atoms with Crippen LogP contribution in [0.5, 0.6) is 5.75 Å². The minimum Gasteiger partial charge on any atom is -0.495 e. The Hall–Kier alpha value is -4.12. The Balaban J connectivity index is 1.59. The van der Waals surface area contributed by atoms with Gasteiger partial charge in [-0.15, -0.1) is 0 Å². The first-order chi connectivity index (χ1) is 16.3. The highest BCUT2D eigenvalue weighted by atomic mass is 32.2. The summed E-state index contributed by atoms with van der Waals surface area (Å²) in [5, 5.41) is 7.66. The van der Waals surface area contributed by atoms with Gasteiger partial charge in [0.15, 0.2) is 0 Å². The van der Waals surface area contributed by atoms with E-state index in [0.29, 0.717) is 6.54 Å². The Morgan fingerprint density at radius 2 is 1.65 bits per heavy atom. The summed E-state index contributed by atoms with van der Waals surface area (Å²) < 4.78 is 45.9. The lowest BCUT2D eigenvalue weighted by molar-refractivity contribution is -0.115. The monoisotopic (exact) mass is 486 g/mol. The topological polar surface area (TPSA) is 126 Å². The smallest absolute Gasteiger partial charge is 0.315 e. The van der Waals surface area contributed by atoms with Crippen LogP contribution >= 0.6 is 0 Å². The number of hydrogen-bond donors (Lipinski definition) is 4. The number of amides is 3. The van der Waals surface area contributed by atoms with Crippen molar-refractivity contribution in [3.63, 3.8) is 0 Å². The molecule has 0 aromatic heterocycles. The van der Waals surface area contributed by atoms with Crippen LogP contribution in [0.1, 0.15) is 5.56 Å². The number of rotatable bonds is 9. The van der Waals surface area contributed by atoms with E-state index in [4.69, 9.17) is 4.74 Å². The van der Waals surface area contributed by atoms with E-state index >= 15 is 0 Å². The molecule has 0 aliphatic rings. The van der Waals surface area contributed by atoms with Gasteiger partial charge in [0.1, 0.15) is 11.6 Å². The van der Waals surface area contributed by atoms with Crippen LogP contribution in [-0.4, -0.2) is 34.0 Å². The molecule has 0 unspecified atom stereocenters. The number of halogens is 1. The first-order valence-electron chi connectivity index (χ1n) is 10.1. The summed E-state index contributed by atoms with van der Waals surface area (Å²) >= 11 is 0. The van der Waals surface area contributed by atoms with Crippen LogP contribution in [0.2, 0.25) is 0 Å². The first kappa shape index (κ1) is 24.5.